The third-order valence-electron chi connectivity index (χ3n) is 3.53. The van der Waals surface area contributed by atoms with Crippen molar-refractivity contribution < 1.29 is 4.74 Å². The molecule has 0 fully saturated rings. The van der Waals surface area contributed by atoms with E-state index in [0.717, 1.165) is 29.1 Å². The lowest BCUT2D eigenvalue weighted by atomic mass is 10.1. The summed E-state index contributed by atoms with van der Waals surface area (Å²) in [5, 5.41) is 3.35. The summed E-state index contributed by atoms with van der Waals surface area (Å²) in [6, 6.07) is 10.4. The Morgan fingerprint density at radius 1 is 0.952 bits per heavy atom. The molecule has 0 saturated heterocycles. The second-order valence-corrected chi connectivity index (χ2v) is 6.13. The Hall–Kier alpha value is -1.32. The molecule has 21 heavy (non-hydrogen) atoms. The molecule has 0 aliphatic rings. The summed E-state index contributed by atoms with van der Waals surface area (Å²) in [5.41, 5.74) is 4.93. The minimum atomic E-state index is 0.882. The van der Waals surface area contributed by atoms with E-state index in [1.54, 1.807) is 0 Å². The van der Waals surface area contributed by atoms with Crippen LogP contribution in [0.5, 0.6) is 11.5 Å². The molecule has 112 valence electrons. The molecule has 0 heterocycles. The Labute approximate surface area is 135 Å². The quantitative estimate of drug-likeness (QED) is 0.794. The zero-order valence-corrected chi connectivity index (χ0v) is 14.7. The molecular weight excluding hydrogens is 326 g/mol. The predicted octanol–water partition coefficient (Wildman–Crippen LogP) is 5.28. The van der Waals surface area contributed by atoms with Crippen LogP contribution in [0.2, 0.25) is 0 Å². The molecule has 1 N–H and O–H groups in total. The number of hydrogen-bond donors (Lipinski definition) is 1. The van der Waals surface area contributed by atoms with E-state index in [-0.39, 0.29) is 0 Å². The number of halogens is 1. The average Bonchev–Trinajstić information content (AvgIpc) is 2.44. The standard InChI is InChI=1S/C18H22BrNO/c1-5-20-11-15-6-7-16(8-12(15)2)21-17-9-13(3)18(19)14(4)10-17/h6-10,20H,5,11H2,1-4H3. The van der Waals surface area contributed by atoms with Crippen molar-refractivity contribution >= 4 is 15.9 Å². The molecule has 0 aliphatic heterocycles. The molecule has 3 heteroatoms. The normalized spacial score (nSPS) is 10.7. The molecule has 0 bridgehead atoms. The zero-order chi connectivity index (χ0) is 15.4. The highest BCUT2D eigenvalue weighted by molar-refractivity contribution is 9.10. The molecule has 0 amide bonds. The maximum absolute atomic E-state index is 5.99. The van der Waals surface area contributed by atoms with Crippen molar-refractivity contribution in [3.8, 4) is 11.5 Å². The third-order valence-corrected chi connectivity index (χ3v) is 4.78. The van der Waals surface area contributed by atoms with Gasteiger partial charge in [-0.1, -0.05) is 28.9 Å². The Bertz CT molecular complexity index is 614. The number of hydrogen-bond acceptors (Lipinski definition) is 2. The summed E-state index contributed by atoms with van der Waals surface area (Å²) in [6.07, 6.45) is 0. The number of nitrogens with one attached hydrogen (secondary N) is 1. The lowest BCUT2D eigenvalue weighted by Crippen LogP contribution is -2.12. The van der Waals surface area contributed by atoms with Gasteiger partial charge >= 0.3 is 0 Å². The van der Waals surface area contributed by atoms with Gasteiger partial charge in [-0.3, -0.25) is 0 Å². The molecule has 2 aromatic carbocycles. The van der Waals surface area contributed by atoms with Crippen LogP contribution in [-0.4, -0.2) is 6.54 Å². The van der Waals surface area contributed by atoms with Gasteiger partial charge in [0.25, 0.3) is 0 Å². The first-order valence-electron chi connectivity index (χ1n) is 7.26. The van der Waals surface area contributed by atoms with Crippen molar-refractivity contribution in [2.45, 2.75) is 34.2 Å². The van der Waals surface area contributed by atoms with Crippen LogP contribution < -0.4 is 10.1 Å². The van der Waals surface area contributed by atoms with Gasteiger partial charge in [-0.15, -0.1) is 0 Å². The van der Waals surface area contributed by atoms with E-state index in [0.29, 0.717) is 0 Å². The maximum atomic E-state index is 5.99. The average molecular weight is 348 g/mol. The highest BCUT2D eigenvalue weighted by atomic mass is 79.9. The highest BCUT2D eigenvalue weighted by Crippen LogP contribution is 2.30. The highest BCUT2D eigenvalue weighted by Gasteiger charge is 2.06. The van der Waals surface area contributed by atoms with Gasteiger partial charge in [-0.05, 0) is 73.8 Å². The molecule has 0 saturated carbocycles. The van der Waals surface area contributed by atoms with Crippen molar-refractivity contribution in [1.29, 1.82) is 0 Å². The van der Waals surface area contributed by atoms with Crippen molar-refractivity contribution in [2.75, 3.05) is 6.54 Å². The number of rotatable bonds is 5. The Balaban J connectivity index is 2.18. The van der Waals surface area contributed by atoms with E-state index in [2.05, 4.69) is 73.2 Å². The minimum absolute atomic E-state index is 0.882. The van der Waals surface area contributed by atoms with Crippen molar-refractivity contribution in [3.63, 3.8) is 0 Å². The van der Waals surface area contributed by atoms with E-state index in [9.17, 15) is 0 Å². The molecule has 0 spiro atoms. The molecule has 0 unspecified atom stereocenters. The van der Waals surface area contributed by atoms with Crippen molar-refractivity contribution in [2.24, 2.45) is 0 Å². The fourth-order valence-electron chi connectivity index (χ4n) is 2.29. The van der Waals surface area contributed by atoms with Gasteiger partial charge in [0.15, 0.2) is 0 Å². The second kappa shape index (κ2) is 7.10. The van der Waals surface area contributed by atoms with E-state index >= 15 is 0 Å². The van der Waals surface area contributed by atoms with Crippen molar-refractivity contribution in [3.05, 3.63) is 57.1 Å². The van der Waals surface area contributed by atoms with E-state index in [1.165, 1.54) is 22.3 Å². The monoisotopic (exact) mass is 347 g/mol. The van der Waals surface area contributed by atoms with Crippen LogP contribution in [0.25, 0.3) is 0 Å². The van der Waals surface area contributed by atoms with Gasteiger partial charge < -0.3 is 10.1 Å². The zero-order valence-electron chi connectivity index (χ0n) is 13.1. The number of aryl methyl sites for hydroxylation is 3. The summed E-state index contributed by atoms with van der Waals surface area (Å²) >= 11 is 3.58. The molecule has 2 aromatic rings. The second-order valence-electron chi connectivity index (χ2n) is 5.34. The molecule has 2 nitrogen and oxygen atoms in total. The van der Waals surface area contributed by atoms with Crippen molar-refractivity contribution in [1.82, 2.24) is 5.32 Å². The van der Waals surface area contributed by atoms with Crippen LogP contribution >= 0.6 is 15.9 Å². The molecular formula is C18H22BrNO. The number of ether oxygens (including phenoxy) is 1. The van der Waals surface area contributed by atoms with E-state index < -0.39 is 0 Å². The topological polar surface area (TPSA) is 21.3 Å². The van der Waals surface area contributed by atoms with Crippen LogP contribution in [0, 0.1) is 20.8 Å². The third kappa shape index (κ3) is 4.08. The molecule has 0 radical (unpaired) electrons. The van der Waals surface area contributed by atoms with Crippen LogP contribution in [0.1, 0.15) is 29.2 Å². The van der Waals surface area contributed by atoms with Gasteiger partial charge in [-0.25, -0.2) is 0 Å². The van der Waals surface area contributed by atoms with Crippen LogP contribution in [0.3, 0.4) is 0 Å². The van der Waals surface area contributed by atoms with E-state index in [4.69, 9.17) is 4.74 Å². The first-order valence-corrected chi connectivity index (χ1v) is 8.05. The number of benzene rings is 2. The van der Waals surface area contributed by atoms with Gasteiger partial charge in [0.1, 0.15) is 11.5 Å². The lowest BCUT2D eigenvalue weighted by molar-refractivity contribution is 0.481. The Morgan fingerprint density at radius 3 is 2.14 bits per heavy atom. The summed E-state index contributed by atoms with van der Waals surface area (Å²) in [6.45, 7) is 10.3. The van der Waals surface area contributed by atoms with Crippen LogP contribution in [0.15, 0.2) is 34.8 Å². The Morgan fingerprint density at radius 2 is 1.57 bits per heavy atom. The van der Waals surface area contributed by atoms with Crippen LogP contribution in [0.4, 0.5) is 0 Å². The van der Waals surface area contributed by atoms with Gasteiger partial charge in [0, 0.05) is 11.0 Å². The fourth-order valence-corrected chi connectivity index (χ4v) is 2.52. The largest absolute Gasteiger partial charge is 0.457 e. The minimum Gasteiger partial charge on any atom is -0.457 e. The SMILES string of the molecule is CCNCc1ccc(Oc2cc(C)c(Br)c(C)c2)cc1C. The first-order chi connectivity index (χ1) is 10.0. The molecule has 0 aliphatic carbocycles. The van der Waals surface area contributed by atoms with E-state index in [1.807, 2.05) is 6.07 Å². The first kappa shape index (κ1) is 16.1. The summed E-state index contributed by atoms with van der Waals surface area (Å²) in [5.74, 6) is 1.76. The molecule has 2 rings (SSSR count). The fraction of sp³-hybridized carbons (Fsp3) is 0.333. The summed E-state index contributed by atoms with van der Waals surface area (Å²) in [7, 11) is 0. The lowest BCUT2D eigenvalue weighted by Gasteiger charge is -2.12. The van der Waals surface area contributed by atoms with Crippen LogP contribution in [-0.2, 0) is 6.54 Å². The predicted molar refractivity (Wildman–Crippen MR) is 92.2 cm³/mol. The van der Waals surface area contributed by atoms with Gasteiger partial charge in [0.05, 0.1) is 0 Å². The van der Waals surface area contributed by atoms with Gasteiger partial charge in [0.2, 0.25) is 0 Å². The molecule has 0 atom stereocenters. The smallest absolute Gasteiger partial charge is 0.128 e. The summed E-state index contributed by atoms with van der Waals surface area (Å²) < 4.78 is 7.14. The summed E-state index contributed by atoms with van der Waals surface area (Å²) in [4.78, 5) is 0. The van der Waals surface area contributed by atoms with Gasteiger partial charge in [-0.2, -0.15) is 0 Å². The molecule has 0 aromatic heterocycles. The Kier molecular flexibility index (Phi) is 5.43. The maximum Gasteiger partial charge on any atom is 0.128 e.